The van der Waals surface area contributed by atoms with Crippen molar-refractivity contribution < 1.29 is 4.39 Å². The highest BCUT2D eigenvalue weighted by atomic mass is 19.1. The average Bonchev–Trinajstić information content (AvgIpc) is 3.17. The summed E-state index contributed by atoms with van der Waals surface area (Å²) in [5, 5.41) is 3.45. The SMILES string of the molecule is CCn1ccnc1Cc1ccc(F)cc1CNC1CC1. The van der Waals surface area contributed by atoms with Crippen LogP contribution in [0.5, 0.6) is 0 Å². The molecule has 0 unspecified atom stereocenters. The van der Waals surface area contributed by atoms with Crippen molar-refractivity contribution in [1.82, 2.24) is 14.9 Å². The van der Waals surface area contributed by atoms with E-state index >= 15 is 0 Å². The Kier molecular flexibility index (Phi) is 3.83. The highest BCUT2D eigenvalue weighted by Crippen LogP contribution is 2.21. The molecule has 1 aromatic heterocycles. The van der Waals surface area contributed by atoms with Crippen molar-refractivity contribution in [3.05, 3.63) is 53.4 Å². The number of imidazole rings is 1. The van der Waals surface area contributed by atoms with E-state index in [2.05, 4.69) is 21.8 Å². The summed E-state index contributed by atoms with van der Waals surface area (Å²) in [6.45, 7) is 3.75. The minimum Gasteiger partial charge on any atom is -0.335 e. The molecule has 1 heterocycles. The molecule has 0 saturated heterocycles. The van der Waals surface area contributed by atoms with E-state index in [1.165, 1.54) is 18.9 Å². The second kappa shape index (κ2) is 5.75. The van der Waals surface area contributed by atoms with Gasteiger partial charge in [-0.2, -0.15) is 0 Å². The Bertz CT molecular complexity index is 587. The normalized spacial score (nSPS) is 14.7. The lowest BCUT2D eigenvalue weighted by Crippen LogP contribution is -2.17. The predicted molar refractivity (Wildman–Crippen MR) is 77.0 cm³/mol. The number of benzene rings is 1. The Balaban J connectivity index is 1.80. The Labute approximate surface area is 118 Å². The van der Waals surface area contributed by atoms with Gasteiger partial charge >= 0.3 is 0 Å². The summed E-state index contributed by atoms with van der Waals surface area (Å²) < 4.78 is 15.6. The van der Waals surface area contributed by atoms with E-state index in [4.69, 9.17) is 0 Å². The molecule has 3 rings (SSSR count). The Morgan fingerprint density at radius 2 is 2.20 bits per heavy atom. The van der Waals surface area contributed by atoms with Crippen LogP contribution in [0.1, 0.15) is 36.7 Å². The van der Waals surface area contributed by atoms with Gasteiger partial charge in [-0.25, -0.2) is 9.37 Å². The van der Waals surface area contributed by atoms with E-state index in [1.54, 1.807) is 6.07 Å². The van der Waals surface area contributed by atoms with Gasteiger partial charge in [-0.05, 0) is 43.0 Å². The predicted octanol–water partition coefficient (Wildman–Crippen LogP) is 2.88. The number of nitrogens with zero attached hydrogens (tertiary/aromatic N) is 2. The Morgan fingerprint density at radius 1 is 1.35 bits per heavy atom. The molecule has 0 aliphatic heterocycles. The summed E-state index contributed by atoms with van der Waals surface area (Å²) in [7, 11) is 0. The molecule has 0 spiro atoms. The van der Waals surface area contributed by atoms with Gasteiger partial charge in [0, 0.05) is 37.9 Å². The highest BCUT2D eigenvalue weighted by Gasteiger charge is 2.20. The van der Waals surface area contributed by atoms with Crippen LogP contribution in [0.25, 0.3) is 0 Å². The molecule has 0 radical (unpaired) electrons. The van der Waals surface area contributed by atoms with Crippen LogP contribution in [0.3, 0.4) is 0 Å². The lowest BCUT2D eigenvalue weighted by Gasteiger charge is -2.11. The van der Waals surface area contributed by atoms with Crippen molar-refractivity contribution in [1.29, 1.82) is 0 Å². The van der Waals surface area contributed by atoms with Gasteiger partial charge in [-0.1, -0.05) is 6.07 Å². The second-order valence-electron chi connectivity index (χ2n) is 5.37. The molecule has 0 atom stereocenters. The quantitative estimate of drug-likeness (QED) is 0.877. The van der Waals surface area contributed by atoms with Gasteiger partial charge in [0.2, 0.25) is 0 Å². The molecule has 1 aliphatic rings. The topological polar surface area (TPSA) is 29.9 Å². The van der Waals surface area contributed by atoms with Crippen LogP contribution in [0, 0.1) is 5.82 Å². The zero-order chi connectivity index (χ0) is 13.9. The molecular weight excluding hydrogens is 253 g/mol. The zero-order valence-electron chi connectivity index (χ0n) is 11.8. The zero-order valence-corrected chi connectivity index (χ0v) is 11.8. The van der Waals surface area contributed by atoms with Crippen LogP contribution in [0.4, 0.5) is 4.39 Å². The summed E-state index contributed by atoms with van der Waals surface area (Å²) in [6.07, 6.45) is 7.05. The number of hydrogen-bond acceptors (Lipinski definition) is 2. The molecule has 1 aromatic carbocycles. The van der Waals surface area contributed by atoms with E-state index in [0.29, 0.717) is 6.04 Å². The van der Waals surface area contributed by atoms with Crippen molar-refractivity contribution in [3.63, 3.8) is 0 Å². The minimum atomic E-state index is -0.166. The van der Waals surface area contributed by atoms with Crippen LogP contribution in [-0.4, -0.2) is 15.6 Å². The fourth-order valence-corrected chi connectivity index (χ4v) is 2.44. The molecular formula is C16H20FN3. The van der Waals surface area contributed by atoms with Crippen molar-refractivity contribution in [2.45, 2.75) is 45.3 Å². The van der Waals surface area contributed by atoms with Gasteiger partial charge in [0.25, 0.3) is 0 Å². The maximum Gasteiger partial charge on any atom is 0.123 e. The molecule has 2 aromatic rings. The van der Waals surface area contributed by atoms with Gasteiger partial charge < -0.3 is 9.88 Å². The molecule has 3 nitrogen and oxygen atoms in total. The molecule has 4 heteroatoms. The maximum atomic E-state index is 13.5. The molecule has 106 valence electrons. The van der Waals surface area contributed by atoms with Crippen LogP contribution in [-0.2, 0) is 19.5 Å². The second-order valence-corrected chi connectivity index (χ2v) is 5.37. The molecule has 20 heavy (non-hydrogen) atoms. The molecule has 1 aliphatic carbocycles. The van der Waals surface area contributed by atoms with Gasteiger partial charge in [-0.15, -0.1) is 0 Å². The summed E-state index contributed by atoms with van der Waals surface area (Å²) in [4.78, 5) is 4.40. The number of halogens is 1. The lowest BCUT2D eigenvalue weighted by molar-refractivity contribution is 0.616. The van der Waals surface area contributed by atoms with Crippen LogP contribution >= 0.6 is 0 Å². The summed E-state index contributed by atoms with van der Waals surface area (Å²) in [5.41, 5.74) is 2.20. The molecule has 0 amide bonds. The number of aromatic nitrogens is 2. The number of nitrogens with one attached hydrogen (secondary N) is 1. The number of aryl methyl sites for hydroxylation is 1. The van der Waals surface area contributed by atoms with Crippen molar-refractivity contribution >= 4 is 0 Å². The first kappa shape index (κ1) is 13.3. The first-order valence-electron chi connectivity index (χ1n) is 7.27. The summed E-state index contributed by atoms with van der Waals surface area (Å²) in [5.74, 6) is 0.868. The van der Waals surface area contributed by atoms with E-state index < -0.39 is 0 Å². The first-order chi connectivity index (χ1) is 9.76. The lowest BCUT2D eigenvalue weighted by atomic mass is 10.0. The molecule has 1 fully saturated rings. The van der Waals surface area contributed by atoms with Gasteiger partial charge in [0.05, 0.1) is 0 Å². The first-order valence-corrected chi connectivity index (χ1v) is 7.27. The van der Waals surface area contributed by atoms with Crippen molar-refractivity contribution in [2.24, 2.45) is 0 Å². The smallest absolute Gasteiger partial charge is 0.123 e. The monoisotopic (exact) mass is 273 g/mol. The van der Waals surface area contributed by atoms with E-state index in [9.17, 15) is 4.39 Å². The molecule has 1 saturated carbocycles. The fourth-order valence-electron chi connectivity index (χ4n) is 2.44. The van der Waals surface area contributed by atoms with Crippen molar-refractivity contribution in [2.75, 3.05) is 0 Å². The third kappa shape index (κ3) is 3.07. The third-order valence-electron chi connectivity index (χ3n) is 3.82. The Morgan fingerprint density at radius 3 is 2.95 bits per heavy atom. The third-order valence-corrected chi connectivity index (χ3v) is 3.82. The van der Waals surface area contributed by atoms with Crippen LogP contribution in [0.15, 0.2) is 30.6 Å². The molecule has 1 N–H and O–H groups in total. The van der Waals surface area contributed by atoms with Gasteiger partial charge in [0.1, 0.15) is 11.6 Å². The standard InChI is InChI=1S/C16H20FN3/c1-2-20-8-7-18-16(20)10-12-3-4-14(17)9-13(12)11-19-15-5-6-15/h3-4,7-9,15,19H,2,5-6,10-11H2,1H3. The summed E-state index contributed by atoms with van der Waals surface area (Å²) >= 11 is 0. The van der Waals surface area contributed by atoms with Gasteiger partial charge in [0.15, 0.2) is 0 Å². The van der Waals surface area contributed by atoms with E-state index in [-0.39, 0.29) is 5.82 Å². The Hall–Kier alpha value is -1.68. The summed E-state index contributed by atoms with van der Waals surface area (Å²) in [6, 6.07) is 5.69. The largest absolute Gasteiger partial charge is 0.335 e. The minimum absolute atomic E-state index is 0.166. The van der Waals surface area contributed by atoms with Gasteiger partial charge in [-0.3, -0.25) is 0 Å². The fraction of sp³-hybridized carbons (Fsp3) is 0.438. The average molecular weight is 273 g/mol. The van der Waals surface area contributed by atoms with E-state index in [1.807, 2.05) is 18.5 Å². The van der Waals surface area contributed by atoms with Crippen LogP contribution < -0.4 is 5.32 Å². The number of rotatable bonds is 6. The number of hydrogen-bond donors (Lipinski definition) is 1. The highest BCUT2D eigenvalue weighted by molar-refractivity contribution is 5.30. The van der Waals surface area contributed by atoms with Crippen LogP contribution in [0.2, 0.25) is 0 Å². The van der Waals surface area contributed by atoms with E-state index in [0.717, 1.165) is 36.5 Å². The maximum absolute atomic E-state index is 13.5. The molecule has 0 bridgehead atoms. The van der Waals surface area contributed by atoms with Crippen molar-refractivity contribution in [3.8, 4) is 0 Å².